The molecular weight excluding hydrogens is 316 g/mol. The normalized spacial score (nSPS) is 30.0. The molecule has 23 heavy (non-hydrogen) atoms. The second-order valence-electron chi connectivity index (χ2n) is 6.23. The number of hydrogen-bond donors (Lipinski definition) is 0. The summed E-state index contributed by atoms with van der Waals surface area (Å²) in [5.41, 5.74) is 0. The van der Waals surface area contributed by atoms with Gasteiger partial charge in [-0.05, 0) is 26.0 Å². The van der Waals surface area contributed by atoms with E-state index >= 15 is 0 Å². The van der Waals surface area contributed by atoms with Crippen LogP contribution in [0.5, 0.6) is 0 Å². The minimum absolute atomic E-state index is 0.00635. The van der Waals surface area contributed by atoms with Crippen LogP contribution in [-0.4, -0.2) is 42.1 Å². The fourth-order valence-electron chi connectivity index (χ4n) is 3.17. The fraction of sp³-hybridized carbons (Fsp3) is 0.529. The molecule has 0 radical (unpaired) electrons. The van der Waals surface area contributed by atoms with Gasteiger partial charge in [0.1, 0.15) is 11.4 Å². The number of carbonyl (C=O) groups excluding carboxylic acids is 2. The third-order valence-corrected chi connectivity index (χ3v) is 5.47. The number of hydrogen-bond acceptors (Lipinski definition) is 6. The Bertz CT molecular complexity index is 600. The molecule has 4 atom stereocenters. The summed E-state index contributed by atoms with van der Waals surface area (Å²) in [6.45, 7) is 3.57. The highest BCUT2D eigenvalue weighted by molar-refractivity contribution is 8.00. The molecular formula is C17H20O5S. The van der Waals surface area contributed by atoms with Gasteiger partial charge in [-0.1, -0.05) is 18.2 Å². The van der Waals surface area contributed by atoms with Crippen LogP contribution in [-0.2, 0) is 23.8 Å². The van der Waals surface area contributed by atoms with E-state index in [1.54, 1.807) is 13.8 Å². The Kier molecular flexibility index (Phi) is 4.49. The number of thioether (sulfide) groups is 1. The van der Waals surface area contributed by atoms with E-state index in [4.69, 9.17) is 14.2 Å². The lowest BCUT2D eigenvalue weighted by molar-refractivity contribution is -0.164. The molecule has 6 heteroatoms. The number of ether oxygens (including phenoxy) is 3. The van der Waals surface area contributed by atoms with Crippen LogP contribution >= 0.6 is 11.8 Å². The Hall–Kier alpha value is -1.37. The van der Waals surface area contributed by atoms with Crippen molar-refractivity contribution in [3.63, 3.8) is 0 Å². The molecule has 1 unspecified atom stereocenters. The highest BCUT2D eigenvalue weighted by Crippen LogP contribution is 2.45. The zero-order chi connectivity index (χ0) is 16.6. The molecule has 0 aromatic heterocycles. The molecule has 0 bridgehead atoms. The average molecular weight is 336 g/mol. The summed E-state index contributed by atoms with van der Waals surface area (Å²) < 4.78 is 16.6. The summed E-state index contributed by atoms with van der Waals surface area (Å²) in [6.07, 6.45) is -0.721. The van der Waals surface area contributed by atoms with Gasteiger partial charge in [0.25, 0.3) is 0 Å². The summed E-state index contributed by atoms with van der Waals surface area (Å²) in [7, 11) is 1.37. The maximum absolute atomic E-state index is 12.3. The first kappa shape index (κ1) is 16.5. The van der Waals surface area contributed by atoms with E-state index in [0.717, 1.165) is 4.90 Å². The van der Waals surface area contributed by atoms with Crippen molar-refractivity contribution < 1.29 is 23.8 Å². The van der Waals surface area contributed by atoms with Crippen LogP contribution in [0.3, 0.4) is 0 Å². The van der Waals surface area contributed by atoms with Gasteiger partial charge in [-0.15, -0.1) is 11.8 Å². The largest absolute Gasteiger partial charge is 0.468 e. The van der Waals surface area contributed by atoms with E-state index in [0.29, 0.717) is 0 Å². The highest BCUT2D eigenvalue weighted by atomic mass is 32.2. The van der Waals surface area contributed by atoms with Crippen molar-refractivity contribution in [3.05, 3.63) is 30.3 Å². The Balaban J connectivity index is 1.85. The van der Waals surface area contributed by atoms with Crippen LogP contribution in [0.2, 0.25) is 0 Å². The summed E-state index contributed by atoms with van der Waals surface area (Å²) in [4.78, 5) is 25.5. The lowest BCUT2D eigenvalue weighted by Gasteiger charge is -2.26. The van der Waals surface area contributed by atoms with Gasteiger partial charge in [0.05, 0.1) is 13.2 Å². The van der Waals surface area contributed by atoms with E-state index in [9.17, 15) is 9.59 Å². The van der Waals surface area contributed by atoms with Crippen molar-refractivity contribution in [2.75, 3.05) is 7.11 Å². The van der Waals surface area contributed by atoms with Gasteiger partial charge < -0.3 is 14.2 Å². The lowest BCUT2D eigenvalue weighted by atomic mass is 10.0. The van der Waals surface area contributed by atoms with E-state index < -0.39 is 23.2 Å². The Morgan fingerprint density at radius 2 is 2.00 bits per heavy atom. The van der Waals surface area contributed by atoms with Gasteiger partial charge in [0.2, 0.25) is 0 Å². The van der Waals surface area contributed by atoms with E-state index in [1.165, 1.54) is 18.9 Å². The van der Waals surface area contributed by atoms with Gasteiger partial charge in [-0.3, -0.25) is 9.59 Å². The predicted molar refractivity (Wildman–Crippen MR) is 85.0 cm³/mol. The maximum Gasteiger partial charge on any atom is 0.319 e. The number of rotatable bonds is 4. The number of esters is 1. The predicted octanol–water partition coefficient (Wildman–Crippen LogP) is 2.43. The van der Waals surface area contributed by atoms with Crippen LogP contribution in [0.15, 0.2) is 35.2 Å². The van der Waals surface area contributed by atoms with Crippen LogP contribution in [0, 0.1) is 5.92 Å². The molecule has 1 aromatic carbocycles. The van der Waals surface area contributed by atoms with Crippen LogP contribution in [0.4, 0.5) is 0 Å². The number of benzene rings is 1. The molecule has 0 amide bonds. The zero-order valence-corrected chi connectivity index (χ0v) is 14.2. The van der Waals surface area contributed by atoms with Crippen molar-refractivity contribution in [2.45, 2.75) is 48.4 Å². The molecule has 1 aliphatic heterocycles. The summed E-state index contributed by atoms with van der Waals surface area (Å²) in [5, 5.41) is -0.501. The highest BCUT2D eigenvalue weighted by Gasteiger charge is 2.57. The van der Waals surface area contributed by atoms with Gasteiger partial charge in [0, 0.05) is 17.2 Å². The second kappa shape index (κ2) is 6.26. The van der Waals surface area contributed by atoms with Crippen molar-refractivity contribution in [2.24, 2.45) is 5.92 Å². The SMILES string of the molecule is COC(=O)C(Sc1ccccc1)[C@H]1CC(=O)[C@@H]2OC(C)(C)O[C@H]12. The number of ketones is 1. The standard InChI is InChI=1S/C17H20O5S/c1-17(2)21-13-11(9-12(18)14(13)22-17)15(16(19)20-3)23-10-7-5-4-6-8-10/h4-8,11,13-15H,9H2,1-3H3/t11-,13+,14-,15?/m0/s1. The smallest absolute Gasteiger partial charge is 0.319 e. The maximum atomic E-state index is 12.3. The van der Waals surface area contributed by atoms with Crippen molar-refractivity contribution in [1.82, 2.24) is 0 Å². The first-order valence-electron chi connectivity index (χ1n) is 7.59. The third kappa shape index (κ3) is 3.29. The molecule has 1 aliphatic carbocycles. The zero-order valence-electron chi connectivity index (χ0n) is 13.4. The molecule has 124 valence electrons. The van der Waals surface area contributed by atoms with Gasteiger partial charge in [-0.25, -0.2) is 0 Å². The molecule has 1 saturated carbocycles. The van der Waals surface area contributed by atoms with E-state index in [-0.39, 0.29) is 24.1 Å². The minimum Gasteiger partial charge on any atom is -0.468 e. The number of Topliss-reactive ketones (excluding diaryl/α,β-unsaturated/α-hetero) is 1. The lowest BCUT2D eigenvalue weighted by Crippen LogP contribution is -2.36. The van der Waals surface area contributed by atoms with Gasteiger partial charge in [0.15, 0.2) is 11.6 Å². The molecule has 1 aromatic rings. The van der Waals surface area contributed by atoms with Crippen molar-refractivity contribution in [3.8, 4) is 0 Å². The monoisotopic (exact) mass is 336 g/mol. The number of fused-ring (bicyclic) bond motifs is 1. The molecule has 0 spiro atoms. The third-order valence-electron chi connectivity index (χ3n) is 4.13. The Morgan fingerprint density at radius 1 is 1.30 bits per heavy atom. The molecule has 2 aliphatic rings. The van der Waals surface area contributed by atoms with Crippen molar-refractivity contribution in [1.29, 1.82) is 0 Å². The minimum atomic E-state index is -0.804. The van der Waals surface area contributed by atoms with Gasteiger partial charge >= 0.3 is 5.97 Å². The molecule has 1 saturated heterocycles. The van der Waals surface area contributed by atoms with Crippen LogP contribution in [0.1, 0.15) is 20.3 Å². The van der Waals surface area contributed by atoms with Crippen LogP contribution in [0.25, 0.3) is 0 Å². The molecule has 5 nitrogen and oxygen atoms in total. The first-order chi connectivity index (χ1) is 10.9. The Morgan fingerprint density at radius 3 is 2.65 bits per heavy atom. The average Bonchev–Trinajstić information content (AvgIpc) is 2.99. The van der Waals surface area contributed by atoms with E-state index in [2.05, 4.69) is 0 Å². The summed E-state index contributed by atoms with van der Waals surface area (Å²) >= 11 is 1.41. The topological polar surface area (TPSA) is 61.8 Å². The number of carbonyl (C=O) groups is 2. The number of methoxy groups -OCH3 is 1. The summed E-state index contributed by atoms with van der Waals surface area (Å²) in [6, 6.07) is 9.62. The van der Waals surface area contributed by atoms with Gasteiger partial charge in [-0.2, -0.15) is 0 Å². The fourth-order valence-corrected chi connectivity index (χ4v) is 4.39. The second-order valence-corrected chi connectivity index (χ2v) is 7.44. The van der Waals surface area contributed by atoms with Crippen LogP contribution < -0.4 is 0 Å². The molecule has 2 fully saturated rings. The Labute approximate surface area is 139 Å². The molecule has 3 rings (SSSR count). The quantitative estimate of drug-likeness (QED) is 0.622. The summed E-state index contributed by atoms with van der Waals surface area (Å²) in [5.74, 6) is -1.41. The molecule has 1 heterocycles. The van der Waals surface area contributed by atoms with E-state index in [1.807, 2.05) is 30.3 Å². The molecule has 0 N–H and O–H groups in total. The van der Waals surface area contributed by atoms with Crippen molar-refractivity contribution >= 4 is 23.5 Å². The first-order valence-corrected chi connectivity index (χ1v) is 8.47.